The third-order valence-corrected chi connectivity index (χ3v) is 3.65. The van der Waals surface area contributed by atoms with Crippen LogP contribution >= 0.6 is 0 Å². The molecule has 0 saturated carbocycles. The maximum Gasteiger partial charge on any atom is 0.239 e. The molecule has 1 amide bonds. The van der Waals surface area contributed by atoms with Gasteiger partial charge in [-0.2, -0.15) is 0 Å². The lowest BCUT2D eigenvalue weighted by Gasteiger charge is -2.07. The quantitative estimate of drug-likeness (QED) is 0.848. The molecule has 19 heavy (non-hydrogen) atoms. The highest BCUT2D eigenvalue weighted by atomic mass is 32.2. The molecule has 1 N–H and O–H groups in total. The summed E-state index contributed by atoms with van der Waals surface area (Å²) in [4.78, 5) is 11.4. The topological polar surface area (TPSA) is 72.5 Å². The molecule has 0 bridgehead atoms. The van der Waals surface area contributed by atoms with Crippen molar-refractivity contribution in [3.63, 3.8) is 0 Å². The van der Waals surface area contributed by atoms with E-state index in [0.29, 0.717) is 6.07 Å². The van der Waals surface area contributed by atoms with Gasteiger partial charge in [-0.05, 0) is 12.1 Å². The summed E-state index contributed by atoms with van der Waals surface area (Å²) in [6, 6.07) is 2.57. The molecule has 0 unspecified atom stereocenters. The molecular formula is C11H13F2NO4S. The van der Waals surface area contributed by atoms with Crippen molar-refractivity contribution in [2.24, 2.45) is 0 Å². The van der Waals surface area contributed by atoms with E-state index in [0.717, 1.165) is 12.1 Å². The Kier molecular flexibility index (Phi) is 5.37. The fourth-order valence-electron chi connectivity index (χ4n) is 1.26. The Hall–Kier alpha value is -1.54. The van der Waals surface area contributed by atoms with Crippen molar-refractivity contribution < 1.29 is 26.7 Å². The average Bonchev–Trinajstić information content (AvgIpc) is 2.29. The summed E-state index contributed by atoms with van der Waals surface area (Å²) in [6.07, 6.45) is 0. The van der Waals surface area contributed by atoms with E-state index >= 15 is 0 Å². The number of sulfone groups is 1. The minimum absolute atomic E-state index is 0.0273. The molecule has 0 atom stereocenters. The monoisotopic (exact) mass is 293 g/mol. The summed E-state index contributed by atoms with van der Waals surface area (Å²) >= 11 is 0. The summed E-state index contributed by atoms with van der Waals surface area (Å²) < 4.78 is 53.3. The molecule has 0 spiro atoms. The number of halogens is 2. The number of ether oxygens (including phenoxy) is 1. The van der Waals surface area contributed by atoms with E-state index in [4.69, 9.17) is 0 Å². The van der Waals surface area contributed by atoms with Crippen LogP contribution in [0.5, 0.6) is 0 Å². The highest BCUT2D eigenvalue weighted by molar-refractivity contribution is 7.92. The maximum atomic E-state index is 13.2. The fourth-order valence-corrected chi connectivity index (χ4v) is 2.30. The fraction of sp³-hybridized carbons (Fsp3) is 0.364. The van der Waals surface area contributed by atoms with Crippen molar-refractivity contribution in [1.29, 1.82) is 0 Å². The first kappa shape index (κ1) is 15.5. The SMILES string of the molecule is COCCS(=O)(=O)CC(=O)Nc1ccc(F)cc1F. The van der Waals surface area contributed by atoms with Gasteiger partial charge in [-0.1, -0.05) is 0 Å². The molecule has 1 aromatic carbocycles. The van der Waals surface area contributed by atoms with E-state index in [2.05, 4.69) is 10.1 Å². The van der Waals surface area contributed by atoms with Gasteiger partial charge in [-0.3, -0.25) is 4.79 Å². The normalized spacial score (nSPS) is 11.3. The molecule has 0 fully saturated rings. The van der Waals surface area contributed by atoms with Crippen LogP contribution in [0, 0.1) is 11.6 Å². The van der Waals surface area contributed by atoms with Crippen molar-refractivity contribution in [3.05, 3.63) is 29.8 Å². The van der Waals surface area contributed by atoms with Crippen LogP contribution in [0.1, 0.15) is 0 Å². The smallest absolute Gasteiger partial charge is 0.239 e. The van der Waals surface area contributed by atoms with Crippen molar-refractivity contribution in [1.82, 2.24) is 0 Å². The van der Waals surface area contributed by atoms with Crippen LogP contribution in [0.4, 0.5) is 14.5 Å². The minimum Gasteiger partial charge on any atom is -0.384 e. The molecule has 5 nitrogen and oxygen atoms in total. The third-order valence-electron chi connectivity index (χ3n) is 2.15. The van der Waals surface area contributed by atoms with E-state index in [1.807, 2.05) is 0 Å². The Morgan fingerprint density at radius 1 is 1.37 bits per heavy atom. The van der Waals surface area contributed by atoms with Crippen molar-refractivity contribution >= 4 is 21.4 Å². The molecule has 106 valence electrons. The number of methoxy groups -OCH3 is 1. The molecule has 0 heterocycles. The van der Waals surface area contributed by atoms with E-state index in [9.17, 15) is 22.0 Å². The minimum atomic E-state index is -3.62. The van der Waals surface area contributed by atoms with Gasteiger partial charge in [0.2, 0.25) is 5.91 Å². The van der Waals surface area contributed by atoms with Crippen LogP contribution in [0.15, 0.2) is 18.2 Å². The summed E-state index contributed by atoms with van der Waals surface area (Å²) in [5.74, 6) is -3.73. The van der Waals surface area contributed by atoms with E-state index in [1.54, 1.807) is 0 Å². The van der Waals surface area contributed by atoms with Crippen LogP contribution in [-0.2, 0) is 19.4 Å². The standard InChI is InChI=1S/C11H13F2NO4S/c1-18-4-5-19(16,17)7-11(15)14-10-3-2-8(12)6-9(10)13/h2-3,6H,4-5,7H2,1H3,(H,14,15). The predicted molar refractivity (Wildman–Crippen MR) is 65.5 cm³/mol. The Morgan fingerprint density at radius 2 is 2.05 bits per heavy atom. The summed E-state index contributed by atoms with van der Waals surface area (Å²) in [5.41, 5.74) is -0.270. The number of anilines is 1. The number of hydrogen-bond acceptors (Lipinski definition) is 4. The summed E-state index contributed by atoms with van der Waals surface area (Å²) in [7, 11) is -2.28. The lowest BCUT2D eigenvalue weighted by Crippen LogP contribution is -2.26. The molecule has 1 aromatic rings. The molecule has 0 aliphatic carbocycles. The highest BCUT2D eigenvalue weighted by Gasteiger charge is 2.17. The summed E-state index contributed by atoms with van der Waals surface area (Å²) in [5, 5.41) is 2.07. The van der Waals surface area contributed by atoms with Gasteiger partial charge < -0.3 is 10.1 Å². The second-order valence-electron chi connectivity index (χ2n) is 3.76. The zero-order chi connectivity index (χ0) is 14.5. The van der Waals surface area contributed by atoms with E-state index in [-0.39, 0.29) is 18.0 Å². The van der Waals surface area contributed by atoms with Crippen LogP contribution in [0.2, 0.25) is 0 Å². The molecule has 0 aromatic heterocycles. The summed E-state index contributed by atoms with van der Waals surface area (Å²) in [6.45, 7) is -0.0273. The first-order valence-electron chi connectivity index (χ1n) is 5.28. The number of nitrogens with one attached hydrogen (secondary N) is 1. The van der Waals surface area contributed by atoms with Gasteiger partial charge in [0.05, 0.1) is 18.0 Å². The predicted octanol–water partition coefficient (Wildman–Crippen LogP) is 0.964. The molecule has 0 aliphatic rings. The lowest BCUT2D eigenvalue weighted by atomic mass is 10.3. The van der Waals surface area contributed by atoms with Crippen molar-refractivity contribution in [2.45, 2.75) is 0 Å². The number of benzene rings is 1. The second-order valence-corrected chi connectivity index (χ2v) is 5.94. The molecular weight excluding hydrogens is 280 g/mol. The maximum absolute atomic E-state index is 13.2. The van der Waals surface area contributed by atoms with Crippen LogP contribution < -0.4 is 5.32 Å². The number of amides is 1. The van der Waals surface area contributed by atoms with Gasteiger partial charge in [0.25, 0.3) is 0 Å². The van der Waals surface area contributed by atoms with E-state index in [1.165, 1.54) is 7.11 Å². The van der Waals surface area contributed by atoms with Crippen molar-refractivity contribution in [2.75, 3.05) is 30.5 Å². The van der Waals surface area contributed by atoms with Gasteiger partial charge >= 0.3 is 0 Å². The molecule has 0 aliphatic heterocycles. The van der Waals surface area contributed by atoms with Gasteiger partial charge in [0, 0.05) is 13.2 Å². The zero-order valence-electron chi connectivity index (χ0n) is 10.2. The Balaban J connectivity index is 2.65. The van der Waals surface area contributed by atoms with Gasteiger partial charge in [-0.15, -0.1) is 0 Å². The average molecular weight is 293 g/mol. The second kappa shape index (κ2) is 6.58. The Morgan fingerprint density at radius 3 is 2.63 bits per heavy atom. The molecule has 0 saturated heterocycles. The largest absolute Gasteiger partial charge is 0.384 e. The first-order valence-corrected chi connectivity index (χ1v) is 7.10. The Labute approximate surface area is 109 Å². The molecule has 0 radical (unpaired) electrons. The van der Waals surface area contributed by atoms with Crippen LogP contribution in [-0.4, -0.2) is 39.5 Å². The van der Waals surface area contributed by atoms with Crippen LogP contribution in [0.3, 0.4) is 0 Å². The number of rotatable bonds is 6. The number of hydrogen-bond donors (Lipinski definition) is 1. The third kappa shape index (κ3) is 5.31. The molecule has 1 rings (SSSR count). The van der Waals surface area contributed by atoms with Gasteiger partial charge in [-0.25, -0.2) is 17.2 Å². The lowest BCUT2D eigenvalue weighted by molar-refractivity contribution is -0.113. The first-order chi connectivity index (χ1) is 8.84. The molecule has 8 heteroatoms. The van der Waals surface area contributed by atoms with Gasteiger partial charge in [0.15, 0.2) is 9.84 Å². The zero-order valence-corrected chi connectivity index (χ0v) is 11.0. The van der Waals surface area contributed by atoms with Crippen molar-refractivity contribution in [3.8, 4) is 0 Å². The van der Waals surface area contributed by atoms with E-state index < -0.39 is 33.1 Å². The van der Waals surface area contributed by atoms with Gasteiger partial charge in [0.1, 0.15) is 17.4 Å². The Bertz CT molecular complexity index is 560. The number of carbonyl (C=O) groups excluding carboxylic acids is 1. The van der Waals surface area contributed by atoms with Crippen LogP contribution in [0.25, 0.3) is 0 Å². The number of carbonyl (C=O) groups is 1. The highest BCUT2D eigenvalue weighted by Crippen LogP contribution is 2.14.